The van der Waals surface area contributed by atoms with Crippen molar-refractivity contribution in [2.45, 2.75) is 32.2 Å². The van der Waals surface area contributed by atoms with E-state index in [0.717, 1.165) is 24.0 Å². The second kappa shape index (κ2) is 9.22. The highest BCUT2D eigenvalue weighted by Gasteiger charge is 2.16. The SMILES string of the molecule is CC(=O)NC(CC(=O)NCCCc1cnn(C)c1)c1ccc(Cl)cc1. The van der Waals surface area contributed by atoms with Gasteiger partial charge in [0, 0.05) is 31.7 Å². The molecule has 0 radical (unpaired) electrons. The Morgan fingerprint density at radius 1 is 1.28 bits per heavy atom. The Morgan fingerprint density at radius 3 is 2.60 bits per heavy atom. The summed E-state index contributed by atoms with van der Waals surface area (Å²) in [6.45, 7) is 2.02. The molecule has 1 unspecified atom stereocenters. The van der Waals surface area contributed by atoms with Crippen molar-refractivity contribution in [3.8, 4) is 0 Å². The number of amides is 2. The summed E-state index contributed by atoms with van der Waals surface area (Å²) in [4.78, 5) is 23.6. The third-order valence-electron chi connectivity index (χ3n) is 3.76. The maximum Gasteiger partial charge on any atom is 0.222 e. The number of aryl methyl sites for hydroxylation is 2. The normalized spacial score (nSPS) is 11.8. The highest BCUT2D eigenvalue weighted by Crippen LogP contribution is 2.19. The van der Waals surface area contributed by atoms with E-state index in [2.05, 4.69) is 15.7 Å². The summed E-state index contributed by atoms with van der Waals surface area (Å²) >= 11 is 5.89. The number of rotatable bonds is 8. The van der Waals surface area contributed by atoms with E-state index in [0.29, 0.717) is 11.6 Å². The molecule has 1 atom stereocenters. The summed E-state index contributed by atoms with van der Waals surface area (Å²) in [6.07, 6.45) is 5.68. The predicted molar refractivity (Wildman–Crippen MR) is 97.2 cm³/mol. The fraction of sp³-hybridized carbons (Fsp3) is 0.389. The molecular formula is C18H23ClN4O2. The molecule has 0 fully saturated rings. The van der Waals surface area contributed by atoms with Gasteiger partial charge in [0.15, 0.2) is 0 Å². The van der Waals surface area contributed by atoms with Crippen LogP contribution in [0.3, 0.4) is 0 Å². The van der Waals surface area contributed by atoms with E-state index in [9.17, 15) is 9.59 Å². The molecular weight excluding hydrogens is 340 g/mol. The highest BCUT2D eigenvalue weighted by atomic mass is 35.5. The van der Waals surface area contributed by atoms with Gasteiger partial charge in [0.2, 0.25) is 11.8 Å². The number of carbonyl (C=O) groups is 2. The molecule has 1 heterocycles. The van der Waals surface area contributed by atoms with Crippen LogP contribution in [-0.4, -0.2) is 28.1 Å². The Labute approximate surface area is 152 Å². The van der Waals surface area contributed by atoms with Crippen molar-refractivity contribution in [2.24, 2.45) is 7.05 Å². The van der Waals surface area contributed by atoms with Crippen LogP contribution in [0.4, 0.5) is 0 Å². The standard InChI is InChI=1S/C18H23ClN4O2/c1-13(24)22-17(15-5-7-16(19)8-6-15)10-18(25)20-9-3-4-14-11-21-23(2)12-14/h5-8,11-12,17H,3-4,9-10H2,1-2H3,(H,20,25)(H,22,24). The largest absolute Gasteiger partial charge is 0.356 e. The highest BCUT2D eigenvalue weighted by molar-refractivity contribution is 6.30. The van der Waals surface area contributed by atoms with Crippen molar-refractivity contribution < 1.29 is 9.59 Å². The van der Waals surface area contributed by atoms with E-state index in [1.807, 2.05) is 31.6 Å². The lowest BCUT2D eigenvalue weighted by atomic mass is 10.0. The molecule has 1 aromatic carbocycles. The molecule has 0 aliphatic rings. The Kier molecular flexibility index (Phi) is 7.01. The minimum atomic E-state index is -0.368. The average Bonchev–Trinajstić information content (AvgIpc) is 2.97. The minimum Gasteiger partial charge on any atom is -0.356 e. The summed E-state index contributed by atoms with van der Waals surface area (Å²) in [5.41, 5.74) is 2.00. The Hall–Kier alpha value is -2.34. The van der Waals surface area contributed by atoms with Gasteiger partial charge in [-0.3, -0.25) is 14.3 Å². The lowest BCUT2D eigenvalue weighted by molar-refractivity contribution is -0.122. The molecule has 1 aromatic heterocycles. The number of benzene rings is 1. The average molecular weight is 363 g/mol. The van der Waals surface area contributed by atoms with Gasteiger partial charge in [0.1, 0.15) is 0 Å². The number of hydrogen-bond acceptors (Lipinski definition) is 3. The zero-order valence-corrected chi connectivity index (χ0v) is 15.2. The number of nitrogens with zero attached hydrogens (tertiary/aromatic N) is 2. The number of nitrogens with one attached hydrogen (secondary N) is 2. The number of carbonyl (C=O) groups excluding carboxylic acids is 2. The topological polar surface area (TPSA) is 76.0 Å². The summed E-state index contributed by atoms with van der Waals surface area (Å²) in [6, 6.07) is 6.76. The van der Waals surface area contributed by atoms with E-state index in [-0.39, 0.29) is 24.3 Å². The second-order valence-electron chi connectivity index (χ2n) is 5.98. The molecule has 0 saturated heterocycles. The summed E-state index contributed by atoms with van der Waals surface area (Å²) < 4.78 is 1.76. The second-order valence-corrected chi connectivity index (χ2v) is 6.42. The summed E-state index contributed by atoms with van der Waals surface area (Å²) in [5.74, 6) is -0.274. The maximum atomic E-state index is 12.2. The van der Waals surface area contributed by atoms with Crippen LogP contribution in [0, 0.1) is 0 Å². The number of hydrogen-bond donors (Lipinski definition) is 2. The molecule has 6 nitrogen and oxygen atoms in total. The molecule has 25 heavy (non-hydrogen) atoms. The molecule has 2 rings (SSSR count). The lowest BCUT2D eigenvalue weighted by Gasteiger charge is -2.18. The van der Waals surface area contributed by atoms with Crippen molar-refractivity contribution in [3.05, 3.63) is 52.8 Å². The van der Waals surface area contributed by atoms with E-state index in [1.54, 1.807) is 16.8 Å². The van der Waals surface area contributed by atoms with Crippen LogP contribution >= 0.6 is 11.6 Å². The van der Waals surface area contributed by atoms with Gasteiger partial charge in [-0.05, 0) is 36.1 Å². The van der Waals surface area contributed by atoms with Crippen LogP contribution in [0.15, 0.2) is 36.7 Å². The van der Waals surface area contributed by atoms with Crippen LogP contribution in [0.1, 0.15) is 36.9 Å². The number of halogens is 1. The first kappa shape index (κ1) is 19.0. The maximum absolute atomic E-state index is 12.2. The molecule has 0 aliphatic heterocycles. The van der Waals surface area contributed by atoms with Gasteiger partial charge >= 0.3 is 0 Å². The predicted octanol–water partition coefficient (Wildman–Crippen LogP) is 2.39. The van der Waals surface area contributed by atoms with Crippen molar-refractivity contribution in [1.29, 1.82) is 0 Å². The molecule has 0 saturated carbocycles. The molecule has 134 valence electrons. The first-order valence-electron chi connectivity index (χ1n) is 8.21. The molecule has 2 aromatic rings. The summed E-state index contributed by atoms with van der Waals surface area (Å²) in [5, 5.41) is 10.4. The quantitative estimate of drug-likeness (QED) is 0.708. The first-order chi connectivity index (χ1) is 11.9. The van der Waals surface area contributed by atoms with E-state index < -0.39 is 0 Å². The Bertz CT molecular complexity index is 712. The van der Waals surface area contributed by atoms with Crippen LogP contribution in [-0.2, 0) is 23.1 Å². The van der Waals surface area contributed by atoms with Gasteiger partial charge in [-0.15, -0.1) is 0 Å². The molecule has 7 heteroatoms. The van der Waals surface area contributed by atoms with Crippen molar-refractivity contribution in [1.82, 2.24) is 20.4 Å². The van der Waals surface area contributed by atoms with Gasteiger partial charge in [-0.2, -0.15) is 5.10 Å². The third kappa shape index (κ3) is 6.58. The Balaban J connectivity index is 1.82. The Morgan fingerprint density at radius 2 is 2.00 bits per heavy atom. The minimum absolute atomic E-state index is 0.0973. The first-order valence-corrected chi connectivity index (χ1v) is 8.58. The van der Waals surface area contributed by atoms with Crippen LogP contribution in [0.2, 0.25) is 5.02 Å². The summed E-state index contributed by atoms with van der Waals surface area (Å²) in [7, 11) is 1.88. The zero-order valence-electron chi connectivity index (χ0n) is 14.5. The van der Waals surface area contributed by atoms with Gasteiger partial charge in [-0.1, -0.05) is 23.7 Å². The third-order valence-corrected chi connectivity index (χ3v) is 4.01. The number of aromatic nitrogens is 2. The lowest BCUT2D eigenvalue weighted by Crippen LogP contribution is -2.33. The monoisotopic (exact) mass is 362 g/mol. The molecule has 2 N–H and O–H groups in total. The van der Waals surface area contributed by atoms with Gasteiger partial charge in [0.25, 0.3) is 0 Å². The van der Waals surface area contributed by atoms with Gasteiger partial charge in [-0.25, -0.2) is 0 Å². The van der Waals surface area contributed by atoms with E-state index >= 15 is 0 Å². The van der Waals surface area contributed by atoms with Gasteiger partial charge in [0.05, 0.1) is 18.7 Å². The van der Waals surface area contributed by atoms with E-state index in [4.69, 9.17) is 11.6 Å². The van der Waals surface area contributed by atoms with Crippen molar-refractivity contribution in [3.63, 3.8) is 0 Å². The molecule has 2 amide bonds. The van der Waals surface area contributed by atoms with Crippen molar-refractivity contribution >= 4 is 23.4 Å². The smallest absolute Gasteiger partial charge is 0.222 e. The molecule has 0 bridgehead atoms. The molecule has 0 aliphatic carbocycles. The van der Waals surface area contributed by atoms with Crippen LogP contribution in [0.5, 0.6) is 0 Å². The fourth-order valence-electron chi connectivity index (χ4n) is 2.57. The van der Waals surface area contributed by atoms with Crippen LogP contribution in [0.25, 0.3) is 0 Å². The molecule has 0 spiro atoms. The van der Waals surface area contributed by atoms with Gasteiger partial charge < -0.3 is 10.6 Å². The van der Waals surface area contributed by atoms with E-state index in [1.165, 1.54) is 6.92 Å². The zero-order chi connectivity index (χ0) is 18.2. The fourth-order valence-corrected chi connectivity index (χ4v) is 2.70. The van der Waals surface area contributed by atoms with Crippen molar-refractivity contribution in [2.75, 3.05) is 6.54 Å². The van der Waals surface area contributed by atoms with Crippen LogP contribution < -0.4 is 10.6 Å².